The van der Waals surface area contributed by atoms with E-state index in [0.717, 1.165) is 6.07 Å². The molecule has 0 unspecified atom stereocenters. The van der Waals surface area contributed by atoms with Gasteiger partial charge in [-0.05, 0) is 19.1 Å². The number of hydrogen-bond acceptors (Lipinski definition) is 1. The predicted octanol–water partition coefficient (Wildman–Crippen LogP) is -1.79. The monoisotopic (exact) mass is 132 g/mol. The zero-order valence-electron chi connectivity index (χ0n) is 6.02. The van der Waals surface area contributed by atoms with Crippen molar-refractivity contribution in [2.24, 2.45) is 0 Å². The molecular formula is C7H6FLiO. The number of aryl methyl sites for hydroxylation is 1. The fourth-order valence-corrected chi connectivity index (χ4v) is 0.574. The van der Waals surface area contributed by atoms with Crippen LogP contribution in [0.1, 0.15) is 5.56 Å². The van der Waals surface area contributed by atoms with E-state index in [2.05, 4.69) is 0 Å². The molecule has 10 heavy (non-hydrogen) atoms. The molecular weight excluding hydrogens is 126 g/mol. The van der Waals surface area contributed by atoms with E-state index < -0.39 is 5.82 Å². The Kier molecular flexibility index (Phi) is 3.49. The molecule has 0 aliphatic rings. The van der Waals surface area contributed by atoms with Crippen LogP contribution in [0, 0.1) is 12.7 Å². The van der Waals surface area contributed by atoms with Crippen LogP contribution in [-0.2, 0) is 0 Å². The van der Waals surface area contributed by atoms with Gasteiger partial charge in [0.15, 0.2) is 0 Å². The van der Waals surface area contributed by atoms with Crippen LogP contribution >= 0.6 is 0 Å². The van der Waals surface area contributed by atoms with Gasteiger partial charge in [0.2, 0.25) is 0 Å². The molecule has 0 bridgehead atoms. The Morgan fingerprint density at radius 3 is 2.40 bits per heavy atom. The minimum absolute atomic E-state index is 0. The van der Waals surface area contributed by atoms with Crippen molar-refractivity contribution in [3.05, 3.63) is 29.6 Å². The Morgan fingerprint density at radius 1 is 1.40 bits per heavy atom. The van der Waals surface area contributed by atoms with Gasteiger partial charge in [0.1, 0.15) is 5.82 Å². The zero-order valence-corrected chi connectivity index (χ0v) is 6.02. The summed E-state index contributed by atoms with van der Waals surface area (Å²) in [6.07, 6.45) is 0. The normalized spacial score (nSPS) is 8.60. The molecule has 0 amide bonds. The predicted molar refractivity (Wildman–Crippen MR) is 30.6 cm³/mol. The van der Waals surface area contributed by atoms with Gasteiger partial charge in [-0.25, -0.2) is 4.39 Å². The minimum atomic E-state index is -0.467. The van der Waals surface area contributed by atoms with E-state index >= 15 is 0 Å². The quantitative estimate of drug-likeness (QED) is 0.382. The van der Waals surface area contributed by atoms with Crippen molar-refractivity contribution in [2.75, 3.05) is 0 Å². The smallest absolute Gasteiger partial charge is 0.872 e. The van der Waals surface area contributed by atoms with Gasteiger partial charge >= 0.3 is 18.9 Å². The molecule has 1 aromatic rings. The maximum absolute atomic E-state index is 12.1. The summed E-state index contributed by atoms with van der Waals surface area (Å²) in [7, 11) is 0. The number of halogens is 1. The summed E-state index contributed by atoms with van der Waals surface area (Å²) >= 11 is 0. The van der Waals surface area contributed by atoms with Gasteiger partial charge in [0, 0.05) is 0 Å². The molecule has 0 radical (unpaired) electrons. The minimum Gasteiger partial charge on any atom is -0.872 e. The summed E-state index contributed by atoms with van der Waals surface area (Å²) < 4.78 is 12.1. The maximum Gasteiger partial charge on any atom is 1.00 e. The van der Waals surface area contributed by atoms with Crippen LogP contribution in [0.4, 0.5) is 4.39 Å². The second-order valence-electron chi connectivity index (χ2n) is 1.91. The molecule has 1 rings (SSSR count). The van der Waals surface area contributed by atoms with E-state index in [-0.39, 0.29) is 24.6 Å². The first-order valence-corrected chi connectivity index (χ1v) is 2.63. The number of hydrogen-bond donors (Lipinski definition) is 0. The Morgan fingerprint density at radius 2 is 2.00 bits per heavy atom. The molecule has 0 spiro atoms. The first-order valence-electron chi connectivity index (χ1n) is 2.63. The van der Waals surface area contributed by atoms with E-state index in [9.17, 15) is 9.50 Å². The molecule has 48 valence electrons. The SMILES string of the molecule is Cc1ccc(F)cc1[O-].[Li+]. The zero-order chi connectivity index (χ0) is 6.85. The van der Waals surface area contributed by atoms with Crippen molar-refractivity contribution < 1.29 is 28.4 Å². The molecule has 0 aliphatic carbocycles. The second-order valence-corrected chi connectivity index (χ2v) is 1.91. The molecule has 1 nitrogen and oxygen atoms in total. The molecule has 0 fully saturated rings. The third kappa shape index (κ3) is 2.06. The van der Waals surface area contributed by atoms with Crippen molar-refractivity contribution in [3.8, 4) is 5.75 Å². The second kappa shape index (κ2) is 3.65. The van der Waals surface area contributed by atoms with Gasteiger partial charge in [-0.3, -0.25) is 0 Å². The van der Waals surface area contributed by atoms with Crippen molar-refractivity contribution in [1.29, 1.82) is 0 Å². The van der Waals surface area contributed by atoms with Crippen molar-refractivity contribution in [3.63, 3.8) is 0 Å². The van der Waals surface area contributed by atoms with Crippen LogP contribution < -0.4 is 24.0 Å². The van der Waals surface area contributed by atoms with E-state index in [0.29, 0.717) is 5.56 Å². The maximum atomic E-state index is 12.1. The molecule has 3 heteroatoms. The van der Waals surface area contributed by atoms with Crippen LogP contribution in [0.3, 0.4) is 0 Å². The van der Waals surface area contributed by atoms with E-state index in [1.807, 2.05) is 0 Å². The van der Waals surface area contributed by atoms with Gasteiger partial charge < -0.3 is 5.11 Å². The number of benzene rings is 1. The van der Waals surface area contributed by atoms with Crippen LogP contribution in [0.15, 0.2) is 18.2 Å². The van der Waals surface area contributed by atoms with Crippen molar-refractivity contribution >= 4 is 0 Å². The van der Waals surface area contributed by atoms with E-state index in [1.54, 1.807) is 6.92 Å². The van der Waals surface area contributed by atoms with E-state index in [4.69, 9.17) is 0 Å². The average Bonchev–Trinajstić information content (AvgIpc) is 1.80. The molecule has 0 N–H and O–H groups in total. The Hall–Kier alpha value is -0.453. The van der Waals surface area contributed by atoms with Gasteiger partial charge in [-0.15, -0.1) is 5.75 Å². The van der Waals surface area contributed by atoms with Crippen LogP contribution in [-0.4, -0.2) is 0 Å². The van der Waals surface area contributed by atoms with Crippen LogP contribution in [0.5, 0.6) is 5.75 Å². The standard InChI is InChI=1S/C7H7FO.Li/c1-5-2-3-6(8)4-7(5)9;/h2-4,9H,1H3;/q;+1/p-1. The molecule has 0 saturated heterocycles. The van der Waals surface area contributed by atoms with Crippen LogP contribution in [0.25, 0.3) is 0 Å². The fraction of sp³-hybridized carbons (Fsp3) is 0.143. The van der Waals surface area contributed by atoms with Crippen molar-refractivity contribution in [1.82, 2.24) is 0 Å². The summed E-state index contributed by atoms with van der Waals surface area (Å²) in [6.45, 7) is 1.65. The topological polar surface area (TPSA) is 23.1 Å². The summed E-state index contributed by atoms with van der Waals surface area (Å²) in [4.78, 5) is 0. The molecule has 0 atom stereocenters. The molecule has 0 saturated carbocycles. The van der Waals surface area contributed by atoms with Gasteiger partial charge in [-0.1, -0.05) is 11.6 Å². The third-order valence-electron chi connectivity index (χ3n) is 1.15. The largest absolute Gasteiger partial charge is 1.00 e. The summed E-state index contributed by atoms with van der Waals surface area (Å²) in [5.41, 5.74) is 0.580. The van der Waals surface area contributed by atoms with Crippen molar-refractivity contribution in [2.45, 2.75) is 6.92 Å². The summed E-state index contributed by atoms with van der Waals surface area (Å²) in [5, 5.41) is 10.6. The average molecular weight is 132 g/mol. The first-order chi connectivity index (χ1) is 4.20. The first kappa shape index (κ1) is 9.55. The molecule has 0 aliphatic heterocycles. The summed E-state index contributed by atoms with van der Waals surface area (Å²) in [5.74, 6) is -0.708. The molecule has 0 aromatic heterocycles. The van der Waals surface area contributed by atoms with Gasteiger partial charge in [0.05, 0.1) is 0 Å². The third-order valence-corrected chi connectivity index (χ3v) is 1.15. The number of rotatable bonds is 0. The van der Waals surface area contributed by atoms with Crippen LogP contribution in [0.2, 0.25) is 0 Å². The Labute approximate surface area is 71.1 Å². The van der Waals surface area contributed by atoms with Gasteiger partial charge in [0.25, 0.3) is 0 Å². The Balaban J connectivity index is 0.000000810. The molecule has 1 aromatic carbocycles. The van der Waals surface area contributed by atoms with Gasteiger partial charge in [-0.2, -0.15) is 0 Å². The van der Waals surface area contributed by atoms with E-state index in [1.165, 1.54) is 12.1 Å². The fourth-order valence-electron chi connectivity index (χ4n) is 0.574. The Bertz CT molecular complexity index is 225. The summed E-state index contributed by atoms with van der Waals surface area (Å²) in [6, 6.07) is 3.73. The molecule has 0 heterocycles.